The largest absolute Gasteiger partial charge is 0.195 e. The molecular weight excluding hydrogens is 166 g/mol. The fourth-order valence-corrected chi connectivity index (χ4v) is 0.523. The third-order valence-electron chi connectivity index (χ3n) is 0.874. The smallest absolute Gasteiger partial charge is 0.0696 e. The van der Waals surface area contributed by atoms with Gasteiger partial charge >= 0.3 is 0 Å². The standard InChI is InChI=1S/C8H9NS.C2H6/c1-3-5-6-8(4-2)9-7-10;1-2/h3-6H,1H2,2H3;1-2H3/b6-5-,8-4+;. The van der Waals surface area contributed by atoms with Gasteiger partial charge in [-0.15, -0.1) is 0 Å². The number of nitrogens with zero attached hydrogens (tertiary/aromatic N) is 1. The van der Waals surface area contributed by atoms with Gasteiger partial charge < -0.3 is 0 Å². The Labute approximate surface area is 80.2 Å². The summed E-state index contributed by atoms with van der Waals surface area (Å²) in [6.07, 6.45) is 7.14. The highest BCUT2D eigenvalue weighted by Crippen LogP contribution is 1.96. The Morgan fingerprint density at radius 1 is 1.50 bits per heavy atom. The van der Waals surface area contributed by atoms with E-state index in [1.165, 1.54) is 0 Å². The maximum absolute atomic E-state index is 4.43. The second-order valence-electron chi connectivity index (χ2n) is 1.51. The van der Waals surface area contributed by atoms with Gasteiger partial charge in [0.2, 0.25) is 0 Å². The van der Waals surface area contributed by atoms with Crippen molar-refractivity contribution in [1.82, 2.24) is 0 Å². The van der Waals surface area contributed by atoms with E-state index in [9.17, 15) is 0 Å². The van der Waals surface area contributed by atoms with Crippen LogP contribution in [-0.4, -0.2) is 5.16 Å². The molecule has 0 saturated heterocycles. The maximum atomic E-state index is 4.43. The van der Waals surface area contributed by atoms with E-state index in [1.807, 2.05) is 32.9 Å². The van der Waals surface area contributed by atoms with Crippen LogP contribution in [0.1, 0.15) is 20.8 Å². The van der Waals surface area contributed by atoms with Gasteiger partial charge in [-0.1, -0.05) is 38.7 Å². The van der Waals surface area contributed by atoms with Crippen molar-refractivity contribution in [3.05, 3.63) is 36.6 Å². The zero-order chi connectivity index (χ0) is 9.82. The molecule has 2 heteroatoms. The number of isothiocyanates is 1. The second kappa shape index (κ2) is 12.7. The van der Waals surface area contributed by atoms with E-state index in [0.717, 1.165) is 5.70 Å². The molecule has 0 amide bonds. The molecule has 0 atom stereocenters. The van der Waals surface area contributed by atoms with Crippen molar-refractivity contribution < 1.29 is 0 Å². The molecule has 0 unspecified atom stereocenters. The van der Waals surface area contributed by atoms with Gasteiger partial charge in [-0.3, -0.25) is 0 Å². The lowest BCUT2D eigenvalue weighted by atomic mass is 10.4. The van der Waals surface area contributed by atoms with Gasteiger partial charge in [0.05, 0.1) is 10.9 Å². The SMILES string of the molecule is C=C/C=C\C(=C/C)N=C=S.CC. The summed E-state index contributed by atoms with van der Waals surface area (Å²) in [5, 5.41) is 2.28. The second-order valence-corrected chi connectivity index (χ2v) is 1.69. The molecule has 0 aliphatic heterocycles. The fourth-order valence-electron chi connectivity index (χ4n) is 0.417. The van der Waals surface area contributed by atoms with Crippen molar-refractivity contribution in [3.8, 4) is 0 Å². The van der Waals surface area contributed by atoms with Crippen LogP contribution < -0.4 is 0 Å². The van der Waals surface area contributed by atoms with Gasteiger partial charge in [0, 0.05) is 0 Å². The van der Waals surface area contributed by atoms with Crippen molar-refractivity contribution in [3.63, 3.8) is 0 Å². The van der Waals surface area contributed by atoms with E-state index in [1.54, 1.807) is 12.2 Å². The Kier molecular flexibility index (Phi) is 14.4. The molecule has 0 saturated carbocycles. The summed E-state index contributed by atoms with van der Waals surface area (Å²) < 4.78 is 0. The summed E-state index contributed by atoms with van der Waals surface area (Å²) in [6.45, 7) is 9.41. The van der Waals surface area contributed by atoms with Crippen molar-refractivity contribution in [2.24, 2.45) is 4.99 Å². The minimum atomic E-state index is 0.801. The Bertz CT molecular complexity index is 208. The summed E-state index contributed by atoms with van der Waals surface area (Å²) in [7, 11) is 0. The van der Waals surface area contributed by atoms with Crippen molar-refractivity contribution >= 4 is 17.4 Å². The van der Waals surface area contributed by atoms with Crippen LogP contribution in [-0.2, 0) is 0 Å². The van der Waals surface area contributed by atoms with Crippen molar-refractivity contribution in [2.75, 3.05) is 0 Å². The van der Waals surface area contributed by atoms with Crippen molar-refractivity contribution in [2.45, 2.75) is 20.8 Å². The molecule has 0 aromatic heterocycles. The minimum Gasteiger partial charge on any atom is -0.195 e. The molecule has 0 bridgehead atoms. The van der Waals surface area contributed by atoms with Gasteiger partial charge in [-0.2, -0.15) is 4.99 Å². The zero-order valence-electron chi connectivity index (χ0n) is 7.87. The topological polar surface area (TPSA) is 12.4 Å². The predicted octanol–water partition coefficient (Wildman–Crippen LogP) is 3.76. The molecule has 0 fully saturated rings. The Hall–Kier alpha value is -0.980. The van der Waals surface area contributed by atoms with E-state index in [4.69, 9.17) is 0 Å². The number of rotatable bonds is 3. The normalized spacial score (nSPS) is 9.75. The highest BCUT2D eigenvalue weighted by atomic mass is 32.1. The first-order valence-electron chi connectivity index (χ1n) is 3.88. The zero-order valence-corrected chi connectivity index (χ0v) is 8.69. The van der Waals surface area contributed by atoms with Crippen molar-refractivity contribution in [1.29, 1.82) is 0 Å². The molecule has 1 nitrogen and oxygen atoms in total. The molecule has 0 aromatic rings. The molecular formula is C10H15NS. The lowest BCUT2D eigenvalue weighted by Crippen LogP contribution is -1.66. The average Bonchev–Trinajstić information content (AvgIpc) is 2.15. The number of thiocarbonyl (C=S) groups is 1. The Morgan fingerprint density at radius 2 is 2.08 bits per heavy atom. The highest BCUT2D eigenvalue weighted by Gasteiger charge is 1.79. The molecule has 0 aromatic carbocycles. The summed E-state index contributed by atoms with van der Waals surface area (Å²) in [4.78, 5) is 3.77. The monoisotopic (exact) mass is 181 g/mol. The van der Waals surface area contributed by atoms with Crippen LogP contribution in [0.25, 0.3) is 0 Å². The van der Waals surface area contributed by atoms with Gasteiger partial charge in [0.15, 0.2) is 0 Å². The first-order valence-corrected chi connectivity index (χ1v) is 4.29. The third kappa shape index (κ3) is 9.02. The molecule has 0 aliphatic carbocycles. The third-order valence-corrected chi connectivity index (χ3v) is 0.965. The molecule has 12 heavy (non-hydrogen) atoms. The van der Waals surface area contributed by atoms with Crippen LogP contribution in [0.3, 0.4) is 0 Å². The Morgan fingerprint density at radius 3 is 2.42 bits per heavy atom. The molecule has 0 spiro atoms. The van der Waals surface area contributed by atoms with Gasteiger partial charge in [0.1, 0.15) is 0 Å². The van der Waals surface area contributed by atoms with E-state index in [2.05, 4.69) is 29.0 Å². The molecule has 0 radical (unpaired) electrons. The summed E-state index contributed by atoms with van der Waals surface area (Å²) in [6, 6.07) is 0. The lowest BCUT2D eigenvalue weighted by Gasteiger charge is -1.83. The first kappa shape index (κ1) is 13.6. The Balaban J connectivity index is 0. The first-order chi connectivity index (χ1) is 5.85. The fraction of sp³-hybridized carbons (Fsp3) is 0.300. The molecule has 0 N–H and O–H groups in total. The van der Waals surface area contributed by atoms with Crippen LogP contribution in [0.2, 0.25) is 0 Å². The molecule has 66 valence electrons. The molecule has 0 heterocycles. The quantitative estimate of drug-likeness (QED) is 0.367. The number of allylic oxidation sites excluding steroid dienone is 4. The van der Waals surface area contributed by atoms with Gasteiger partial charge in [0.25, 0.3) is 0 Å². The van der Waals surface area contributed by atoms with Crippen LogP contribution in [0.4, 0.5) is 0 Å². The predicted molar refractivity (Wildman–Crippen MR) is 59.5 cm³/mol. The van der Waals surface area contributed by atoms with Crippen LogP contribution in [0, 0.1) is 0 Å². The summed E-state index contributed by atoms with van der Waals surface area (Å²) >= 11 is 4.43. The number of hydrogen-bond donors (Lipinski definition) is 0. The van der Waals surface area contributed by atoms with Crippen LogP contribution in [0.5, 0.6) is 0 Å². The molecule has 0 rings (SSSR count). The number of hydrogen-bond acceptors (Lipinski definition) is 2. The minimum absolute atomic E-state index is 0.801. The summed E-state index contributed by atoms with van der Waals surface area (Å²) in [5.74, 6) is 0. The van der Waals surface area contributed by atoms with E-state index < -0.39 is 0 Å². The number of aliphatic imine (C=N–C) groups is 1. The average molecular weight is 181 g/mol. The lowest BCUT2D eigenvalue weighted by molar-refractivity contribution is 1.40. The van der Waals surface area contributed by atoms with Gasteiger partial charge in [-0.05, 0) is 25.2 Å². The van der Waals surface area contributed by atoms with E-state index >= 15 is 0 Å². The van der Waals surface area contributed by atoms with Crippen LogP contribution in [0.15, 0.2) is 41.6 Å². The van der Waals surface area contributed by atoms with E-state index in [0.29, 0.717) is 0 Å². The molecule has 0 aliphatic rings. The van der Waals surface area contributed by atoms with Crippen LogP contribution >= 0.6 is 12.2 Å². The van der Waals surface area contributed by atoms with E-state index in [-0.39, 0.29) is 0 Å². The maximum Gasteiger partial charge on any atom is 0.0696 e. The summed E-state index contributed by atoms with van der Waals surface area (Å²) in [5.41, 5.74) is 0.801. The highest BCUT2D eigenvalue weighted by molar-refractivity contribution is 7.78. The van der Waals surface area contributed by atoms with Gasteiger partial charge in [-0.25, -0.2) is 0 Å².